The molecule has 8 nitrogen and oxygen atoms in total. The fourth-order valence-corrected chi connectivity index (χ4v) is 5.53. The molecular formula is C23H29N5O3S. The van der Waals surface area contributed by atoms with Crippen LogP contribution in [0.3, 0.4) is 0 Å². The van der Waals surface area contributed by atoms with Gasteiger partial charge in [0.2, 0.25) is 10.0 Å². The highest BCUT2D eigenvalue weighted by molar-refractivity contribution is 7.89. The van der Waals surface area contributed by atoms with E-state index in [9.17, 15) is 13.2 Å². The van der Waals surface area contributed by atoms with Crippen molar-refractivity contribution < 1.29 is 13.2 Å². The van der Waals surface area contributed by atoms with Gasteiger partial charge in [-0.1, -0.05) is 6.07 Å². The number of carbonyl (C=O) groups is 1. The zero-order valence-electron chi connectivity index (χ0n) is 19.2. The second-order valence-electron chi connectivity index (χ2n) is 8.67. The lowest BCUT2D eigenvalue weighted by Gasteiger charge is -2.34. The third-order valence-corrected chi connectivity index (χ3v) is 7.95. The molecule has 2 aromatic heterocycles. The minimum atomic E-state index is -3.59. The zero-order chi connectivity index (χ0) is 23.2. The first-order chi connectivity index (χ1) is 15.1. The Morgan fingerprint density at radius 1 is 1.00 bits per heavy atom. The summed E-state index contributed by atoms with van der Waals surface area (Å²) in [5.74, 6) is -0.118. The monoisotopic (exact) mass is 455 g/mol. The second kappa shape index (κ2) is 8.29. The number of fused-ring (bicyclic) bond motifs is 1. The van der Waals surface area contributed by atoms with Crippen molar-refractivity contribution >= 4 is 27.0 Å². The van der Waals surface area contributed by atoms with Crippen LogP contribution in [0.1, 0.15) is 47.1 Å². The van der Waals surface area contributed by atoms with Crippen molar-refractivity contribution in [1.82, 2.24) is 24.0 Å². The van der Waals surface area contributed by atoms with Gasteiger partial charge in [0.15, 0.2) is 5.65 Å². The highest BCUT2D eigenvalue weighted by Crippen LogP contribution is 2.24. The highest BCUT2D eigenvalue weighted by Gasteiger charge is 2.31. The summed E-state index contributed by atoms with van der Waals surface area (Å²) in [6.45, 7) is 11.0. The molecule has 32 heavy (non-hydrogen) atoms. The first kappa shape index (κ1) is 22.4. The molecule has 0 spiro atoms. The Labute approximate surface area is 188 Å². The molecule has 9 heteroatoms. The van der Waals surface area contributed by atoms with E-state index < -0.39 is 10.0 Å². The molecule has 0 radical (unpaired) electrons. The van der Waals surface area contributed by atoms with Crippen LogP contribution in [0.25, 0.3) is 11.0 Å². The van der Waals surface area contributed by atoms with Crippen molar-refractivity contribution in [3.05, 3.63) is 52.8 Å². The lowest BCUT2D eigenvalue weighted by Crippen LogP contribution is -2.50. The Morgan fingerprint density at radius 2 is 1.69 bits per heavy atom. The van der Waals surface area contributed by atoms with E-state index in [1.807, 2.05) is 45.4 Å². The summed E-state index contributed by atoms with van der Waals surface area (Å²) in [4.78, 5) is 19.9. The summed E-state index contributed by atoms with van der Waals surface area (Å²) in [6.07, 6.45) is 1.69. The fourth-order valence-electron chi connectivity index (χ4n) is 4.02. The molecule has 3 aromatic rings. The standard InChI is InChI=1S/C23H29N5O3S/c1-15(2)28-22-21(14-24-28)20(13-18(5)25-22)23(29)26-8-10-27(11-9-26)32(30,31)19-7-6-16(3)17(4)12-19/h6-7,12-15H,8-11H2,1-5H3. The van der Waals surface area contributed by atoms with E-state index >= 15 is 0 Å². The fraction of sp³-hybridized carbons (Fsp3) is 0.435. The largest absolute Gasteiger partial charge is 0.336 e. The molecule has 1 fully saturated rings. The van der Waals surface area contributed by atoms with E-state index in [4.69, 9.17) is 0 Å². The molecule has 0 unspecified atom stereocenters. The molecule has 1 aliphatic heterocycles. The number of carbonyl (C=O) groups excluding carboxylic acids is 1. The summed E-state index contributed by atoms with van der Waals surface area (Å²) in [6, 6.07) is 7.11. The van der Waals surface area contributed by atoms with Gasteiger partial charge in [-0.25, -0.2) is 18.1 Å². The number of amides is 1. The first-order valence-electron chi connectivity index (χ1n) is 10.8. The number of aromatic nitrogens is 3. The Morgan fingerprint density at radius 3 is 2.31 bits per heavy atom. The number of sulfonamides is 1. The Balaban J connectivity index is 1.55. The summed E-state index contributed by atoms with van der Waals surface area (Å²) >= 11 is 0. The van der Waals surface area contributed by atoms with Crippen molar-refractivity contribution in [2.45, 2.75) is 45.6 Å². The highest BCUT2D eigenvalue weighted by atomic mass is 32.2. The SMILES string of the molecule is Cc1cc(C(=O)N2CCN(S(=O)(=O)c3ccc(C)c(C)c3)CC2)c2cnn(C(C)C)c2n1. The summed E-state index contributed by atoms with van der Waals surface area (Å²) in [5, 5.41) is 5.13. The van der Waals surface area contributed by atoms with Crippen molar-refractivity contribution in [2.75, 3.05) is 26.2 Å². The van der Waals surface area contributed by atoms with E-state index in [2.05, 4.69) is 10.1 Å². The molecule has 1 aromatic carbocycles. The van der Waals surface area contributed by atoms with Gasteiger partial charge in [-0.3, -0.25) is 4.79 Å². The summed E-state index contributed by atoms with van der Waals surface area (Å²) in [5.41, 5.74) is 4.00. The van der Waals surface area contributed by atoms with Crippen LogP contribution >= 0.6 is 0 Å². The third-order valence-electron chi connectivity index (χ3n) is 6.06. The first-order valence-corrected chi connectivity index (χ1v) is 12.2. The van der Waals surface area contributed by atoms with Gasteiger partial charge < -0.3 is 4.90 Å². The minimum absolute atomic E-state index is 0.118. The Bertz CT molecular complexity index is 1290. The van der Waals surface area contributed by atoms with Gasteiger partial charge in [0.05, 0.1) is 22.0 Å². The third kappa shape index (κ3) is 3.91. The van der Waals surface area contributed by atoms with Crippen LogP contribution in [0, 0.1) is 20.8 Å². The van der Waals surface area contributed by atoms with Crippen molar-refractivity contribution in [2.24, 2.45) is 0 Å². The van der Waals surface area contributed by atoms with Crippen LogP contribution in [-0.4, -0.2) is 64.5 Å². The molecule has 1 saturated heterocycles. The number of pyridine rings is 1. The topological polar surface area (TPSA) is 88.4 Å². The van der Waals surface area contributed by atoms with Crippen LogP contribution in [0.2, 0.25) is 0 Å². The van der Waals surface area contributed by atoms with Gasteiger partial charge in [-0.15, -0.1) is 0 Å². The molecule has 3 heterocycles. The Hall–Kier alpha value is -2.78. The maximum Gasteiger partial charge on any atom is 0.254 e. The van der Waals surface area contributed by atoms with Crippen LogP contribution in [0.15, 0.2) is 35.4 Å². The van der Waals surface area contributed by atoms with E-state index in [-0.39, 0.29) is 25.0 Å². The van der Waals surface area contributed by atoms with Gasteiger partial charge in [0.25, 0.3) is 5.91 Å². The molecule has 0 aliphatic carbocycles. The molecule has 170 valence electrons. The minimum Gasteiger partial charge on any atom is -0.336 e. The smallest absolute Gasteiger partial charge is 0.254 e. The lowest BCUT2D eigenvalue weighted by molar-refractivity contribution is 0.0699. The number of benzene rings is 1. The van der Waals surface area contributed by atoms with E-state index in [0.29, 0.717) is 29.2 Å². The Kier molecular flexibility index (Phi) is 5.81. The quantitative estimate of drug-likeness (QED) is 0.603. The predicted octanol–water partition coefficient (Wildman–Crippen LogP) is 3.08. The average Bonchev–Trinajstić information content (AvgIpc) is 3.18. The summed E-state index contributed by atoms with van der Waals surface area (Å²) in [7, 11) is -3.59. The van der Waals surface area contributed by atoms with Crippen molar-refractivity contribution in [3.8, 4) is 0 Å². The van der Waals surface area contributed by atoms with Crippen LogP contribution < -0.4 is 0 Å². The zero-order valence-corrected chi connectivity index (χ0v) is 20.0. The number of hydrogen-bond donors (Lipinski definition) is 0. The molecule has 0 saturated carbocycles. The van der Waals surface area contributed by atoms with Crippen LogP contribution in [0.4, 0.5) is 0 Å². The van der Waals surface area contributed by atoms with Crippen molar-refractivity contribution in [3.63, 3.8) is 0 Å². The average molecular weight is 456 g/mol. The number of aryl methyl sites for hydroxylation is 3. The molecule has 0 bridgehead atoms. The lowest BCUT2D eigenvalue weighted by atomic mass is 10.1. The molecule has 1 amide bonds. The van der Waals surface area contributed by atoms with E-state index in [0.717, 1.165) is 22.2 Å². The maximum absolute atomic E-state index is 13.3. The molecular weight excluding hydrogens is 426 g/mol. The number of nitrogens with zero attached hydrogens (tertiary/aromatic N) is 5. The maximum atomic E-state index is 13.3. The molecule has 0 atom stereocenters. The van der Waals surface area contributed by atoms with Crippen LogP contribution in [-0.2, 0) is 10.0 Å². The van der Waals surface area contributed by atoms with Crippen LogP contribution in [0.5, 0.6) is 0 Å². The second-order valence-corrected chi connectivity index (χ2v) is 10.6. The predicted molar refractivity (Wildman–Crippen MR) is 123 cm³/mol. The molecule has 4 rings (SSSR count). The number of rotatable bonds is 4. The normalized spacial score (nSPS) is 15.6. The van der Waals surface area contributed by atoms with E-state index in [1.165, 1.54) is 4.31 Å². The van der Waals surface area contributed by atoms with Crippen molar-refractivity contribution in [1.29, 1.82) is 0 Å². The van der Waals surface area contributed by atoms with Gasteiger partial charge in [-0.05, 0) is 63.9 Å². The number of hydrogen-bond acceptors (Lipinski definition) is 5. The van der Waals surface area contributed by atoms with Gasteiger partial charge in [-0.2, -0.15) is 9.40 Å². The van der Waals surface area contributed by atoms with Gasteiger partial charge in [0, 0.05) is 37.9 Å². The van der Waals surface area contributed by atoms with Gasteiger partial charge >= 0.3 is 0 Å². The molecule has 1 aliphatic rings. The molecule has 0 N–H and O–H groups in total. The van der Waals surface area contributed by atoms with E-state index in [1.54, 1.807) is 29.3 Å². The summed E-state index contributed by atoms with van der Waals surface area (Å²) < 4.78 is 29.4. The number of piperazine rings is 1. The van der Waals surface area contributed by atoms with Gasteiger partial charge in [0.1, 0.15) is 0 Å².